The average Bonchev–Trinajstić information content (AvgIpc) is 2.74. The Bertz CT molecular complexity index is 603. The summed E-state index contributed by atoms with van der Waals surface area (Å²) in [5.41, 5.74) is 7.31. The first-order valence-corrected chi connectivity index (χ1v) is 7.60. The van der Waals surface area contributed by atoms with Crippen molar-refractivity contribution in [1.29, 1.82) is 0 Å². The molecule has 0 saturated heterocycles. The number of anilines is 1. The first-order valence-electron chi connectivity index (χ1n) is 6.81. The summed E-state index contributed by atoms with van der Waals surface area (Å²) in [5, 5.41) is 0. The van der Waals surface area contributed by atoms with Crippen molar-refractivity contribution in [2.24, 2.45) is 0 Å². The Balaban J connectivity index is 1.93. The predicted molar refractivity (Wildman–Crippen MR) is 83.7 cm³/mol. The van der Waals surface area contributed by atoms with Crippen LogP contribution < -0.4 is 5.73 Å². The molecule has 0 amide bonds. The van der Waals surface area contributed by atoms with Crippen LogP contribution in [-0.2, 0) is 16.0 Å². The summed E-state index contributed by atoms with van der Waals surface area (Å²) in [5.74, 6) is 0.0708. The molecule has 0 spiro atoms. The van der Waals surface area contributed by atoms with E-state index in [0.29, 0.717) is 35.8 Å². The lowest BCUT2D eigenvalue weighted by Gasteiger charge is -2.07. The highest BCUT2D eigenvalue weighted by molar-refractivity contribution is 9.10. The van der Waals surface area contributed by atoms with Crippen molar-refractivity contribution in [2.75, 3.05) is 32.7 Å². The van der Waals surface area contributed by atoms with Crippen LogP contribution in [0.3, 0.4) is 0 Å². The molecule has 5 nitrogen and oxygen atoms in total. The molecule has 21 heavy (non-hydrogen) atoms. The number of benzene rings is 1. The third-order valence-corrected chi connectivity index (χ3v) is 3.78. The van der Waals surface area contributed by atoms with E-state index in [9.17, 15) is 4.39 Å². The summed E-state index contributed by atoms with van der Waals surface area (Å²) in [6, 6.07) is 3.10. The van der Waals surface area contributed by atoms with Crippen molar-refractivity contribution in [3.05, 3.63) is 22.4 Å². The van der Waals surface area contributed by atoms with E-state index >= 15 is 0 Å². The molecular weight excluding hydrogens is 341 g/mol. The summed E-state index contributed by atoms with van der Waals surface area (Å²) < 4.78 is 26.1. The quantitative estimate of drug-likeness (QED) is 0.736. The highest BCUT2D eigenvalue weighted by Gasteiger charge is 2.11. The fraction of sp³-hybridized carbons (Fsp3) is 0.500. The van der Waals surface area contributed by atoms with Gasteiger partial charge >= 0.3 is 0 Å². The fourth-order valence-electron chi connectivity index (χ4n) is 2.09. The van der Waals surface area contributed by atoms with Gasteiger partial charge in [-0.05, 0) is 34.8 Å². The number of methoxy groups -OCH3 is 1. The van der Waals surface area contributed by atoms with Gasteiger partial charge in [0, 0.05) is 26.3 Å². The minimum Gasteiger partial charge on any atom is -0.382 e. The summed E-state index contributed by atoms with van der Waals surface area (Å²) in [6.45, 7) is 2.64. The average molecular weight is 360 g/mol. The van der Waals surface area contributed by atoms with Crippen LogP contribution in [-0.4, -0.2) is 36.5 Å². The molecule has 0 atom stereocenters. The van der Waals surface area contributed by atoms with Crippen molar-refractivity contribution < 1.29 is 13.9 Å². The number of aromatic nitrogens is 2. The van der Waals surface area contributed by atoms with E-state index < -0.39 is 0 Å². The lowest BCUT2D eigenvalue weighted by Crippen LogP contribution is -2.06. The summed E-state index contributed by atoms with van der Waals surface area (Å²) in [6.07, 6.45) is 1.84. The number of aryl methyl sites for hydroxylation is 1. The van der Waals surface area contributed by atoms with E-state index in [1.54, 1.807) is 13.2 Å². The first-order chi connectivity index (χ1) is 10.1. The molecule has 0 bridgehead atoms. The Hall–Kier alpha value is -1.18. The molecule has 2 N–H and O–H groups in total. The minimum atomic E-state index is -0.335. The van der Waals surface area contributed by atoms with Gasteiger partial charge in [0.15, 0.2) is 0 Å². The van der Waals surface area contributed by atoms with E-state index in [1.807, 2.05) is 4.57 Å². The number of imidazole rings is 1. The van der Waals surface area contributed by atoms with E-state index in [0.717, 1.165) is 24.9 Å². The normalized spacial score (nSPS) is 11.4. The van der Waals surface area contributed by atoms with Crippen LogP contribution in [0.2, 0.25) is 0 Å². The molecule has 1 aromatic heterocycles. The second-order valence-electron chi connectivity index (χ2n) is 4.69. The van der Waals surface area contributed by atoms with Crippen molar-refractivity contribution in [3.63, 3.8) is 0 Å². The maximum atomic E-state index is 13.5. The molecular formula is C14H19BrFN3O2. The topological polar surface area (TPSA) is 62.3 Å². The van der Waals surface area contributed by atoms with Crippen LogP contribution >= 0.6 is 15.9 Å². The Morgan fingerprint density at radius 1 is 1.29 bits per heavy atom. The predicted octanol–water partition coefficient (Wildman–Crippen LogP) is 2.96. The van der Waals surface area contributed by atoms with Crippen LogP contribution in [0.5, 0.6) is 0 Å². The summed E-state index contributed by atoms with van der Waals surface area (Å²) in [4.78, 5) is 4.19. The van der Waals surface area contributed by atoms with Gasteiger partial charge in [-0.1, -0.05) is 0 Å². The molecule has 0 radical (unpaired) electrons. The Morgan fingerprint density at radius 3 is 2.86 bits per heavy atom. The number of ether oxygens (including phenoxy) is 2. The van der Waals surface area contributed by atoms with Crippen LogP contribution in [0.4, 0.5) is 10.3 Å². The highest BCUT2D eigenvalue weighted by Crippen LogP contribution is 2.25. The lowest BCUT2D eigenvalue weighted by molar-refractivity contribution is 0.0684. The molecule has 0 aliphatic carbocycles. The van der Waals surface area contributed by atoms with E-state index in [1.165, 1.54) is 6.07 Å². The van der Waals surface area contributed by atoms with Gasteiger partial charge in [0.1, 0.15) is 5.82 Å². The molecule has 0 unspecified atom stereocenters. The third-order valence-electron chi connectivity index (χ3n) is 3.17. The third kappa shape index (κ3) is 4.15. The van der Waals surface area contributed by atoms with E-state index in [4.69, 9.17) is 15.2 Å². The van der Waals surface area contributed by atoms with Gasteiger partial charge in [0.25, 0.3) is 0 Å². The van der Waals surface area contributed by atoms with Crippen LogP contribution in [0.1, 0.15) is 12.8 Å². The zero-order valence-electron chi connectivity index (χ0n) is 11.9. The smallest absolute Gasteiger partial charge is 0.201 e. The monoisotopic (exact) mass is 359 g/mol. The van der Waals surface area contributed by atoms with Gasteiger partial charge in [0.05, 0.1) is 28.7 Å². The van der Waals surface area contributed by atoms with Crippen LogP contribution in [0, 0.1) is 5.82 Å². The largest absolute Gasteiger partial charge is 0.382 e. The standard InChI is InChI=1S/C14H19BrFN3O2/c1-20-6-7-21-5-3-2-4-19-13-8-10(15)11(16)9-12(13)18-14(19)17/h8-9H,2-7H2,1H3,(H2,17,18). The fourth-order valence-corrected chi connectivity index (χ4v) is 2.42. The number of unbranched alkanes of at least 4 members (excludes halogenated alkanes) is 1. The molecule has 0 fully saturated rings. The number of hydrogen-bond donors (Lipinski definition) is 1. The Labute approximate surface area is 131 Å². The summed E-state index contributed by atoms with van der Waals surface area (Å²) >= 11 is 3.19. The Kier molecular flexibility index (Phi) is 5.96. The second-order valence-corrected chi connectivity index (χ2v) is 5.54. The Morgan fingerprint density at radius 2 is 2.10 bits per heavy atom. The molecule has 0 aliphatic heterocycles. The number of halogens is 2. The molecule has 2 aromatic rings. The molecule has 0 aliphatic rings. The molecule has 0 saturated carbocycles. The first kappa shape index (κ1) is 16.2. The van der Waals surface area contributed by atoms with Crippen molar-refractivity contribution in [2.45, 2.75) is 19.4 Å². The number of nitrogens with zero attached hydrogens (tertiary/aromatic N) is 2. The van der Waals surface area contributed by atoms with Crippen LogP contribution in [0.15, 0.2) is 16.6 Å². The maximum Gasteiger partial charge on any atom is 0.201 e. The second kappa shape index (κ2) is 7.72. The van der Waals surface area contributed by atoms with Gasteiger partial charge in [-0.15, -0.1) is 0 Å². The van der Waals surface area contributed by atoms with Gasteiger partial charge in [0.2, 0.25) is 5.95 Å². The number of fused-ring (bicyclic) bond motifs is 1. The minimum absolute atomic E-state index is 0.335. The summed E-state index contributed by atoms with van der Waals surface area (Å²) in [7, 11) is 1.65. The molecule has 2 rings (SSSR count). The number of nitrogen functional groups attached to an aromatic ring is 1. The number of hydrogen-bond acceptors (Lipinski definition) is 4. The number of nitrogens with two attached hydrogens (primary N) is 1. The molecule has 116 valence electrons. The van der Waals surface area contributed by atoms with E-state index in [-0.39, 0.29) is 5.82 Å². The molecule has 7 heteroatoms. The van der Waals surface area contributed by atoms with Gasteiger partial charge in [-0.2, -0.15) is 0 Å². The van der Waals surface area contributed by atoms with Crippen molar-refractivity contribution >= 4 is 32.9 Å². The lowest BCUT2D eigenvalue weighted by atomic mass is 10.3. The zero-order chi connectivity index (χ0) is 15.2. The van der Waals surface area contributed by atoms with Gasteiger partial charge in [-0.3, -0.25) is 0 Å². The zero-order valence-corrected chi connectivity index (χ0v) is 13.5. The molecule has 1 heterocycles. The number of rotatable bonds is 8. The van der Waals surface area contributed by atoms with Crippen LogP contribution in [0.25, 0.3) is 11.0 Å². The van der Waals surface area contributed by atoms with Gasteiger partial charge < -0.3 is 19.8 Å². The van der Waals surface area contributed by atoms with Gasteiger partial charge in [-0.25, -0.2) is 9.37 Å². The molecule has 1 aromatic carbocycles. The van der Waals surface area contributed by atoms with Crippen molar-refractivity contribution in [3.8, 4) is 0 Å². The van der Waals surface area contributed by atoms with E-state index in [2.05, 4.69) is 20.9 Å². The highest BCUT2D eigenvalue weighted by atomic mass is 79.9. The SMILES string of the molecule is COCCOCCCCn1c(N)nc2cc(F)c(Br)cc21. The maximum absolute atomic E-state index is 13.5. The van der Waals surface area contributed by atoms with Crippen molar-refractivity contribution in [1.82, 2.24) is 9.55 Å².